The van der Waals surface area contributed by atoms with Crippen LogP contribution < -0.4 is 5.32 Å². The maximum atomic E-state index is 12.0. The topological polar surface area (TPSA) is 192 Å². The Bertz CT molecular complexity index is 1260. The van der Waals surface area contributed by atoms with E-state index in [9.17, 15) is 30.0 Å². The van der Waals surface area contributed by atoms with Gasteiger partial charge in [0.15, 0.2) is 5.79 Å². The molecule has 1 amide bonds. The second kappa shape index (κ2) is 15.9. The Hall–Kier alpha value is -1.62. The molecule has 0 bridgehead atoms. The normalized spacial score (nSPS) is 46.9. The van der Waals surface area contributed by atoms with Crippen molar-refractivity contribution in [1.82, 2.24) is 5.32 Å². The van der Waals surface area contributed by atoms with Gasteiger partial charge in [0, 0.05) is 44.2 Å². The molecule has 17 atom stereocenters. The first-order valence-electron chi connectivity index (χ1n) is 19.4. The molecule has 14 nitrogen and oxygen atoms in total. The molecule has 5 heterocycles. The number of ether oxygens (including phenoxy) is 7. The van der Waals surface area contributed by atoms with Gasteiger partial charge in [-0.25, -0.2) is 4.79 Å². The average molecular weight is 744 g/mol. The Kier molecular flexibility index (Phi) is 12.7. The number of carboxylic acids is 1. The van der Waals surface area contributed by atoms with E-state index < -0.39 is 71.3 Å². The van der Waals surface area contributed by atoms with Gasteiger partial charge in [-0.15, -0.1) is 0 Å². The molecule has 52 heavy (non-hydrogen) atoms. The lowest BCUT2D eigenvalue weighted by molar-refractivity contribution is -0.336. The van der Waals surface area contributed by atoms with Crippen molar-refractivity contribution in [2.45, 2.75) is 166 Å². The van der Waals surface area contributed by atoms with E-state index in [4.69, 9.17) is 33.2 Å². The van der Waals surface area contributed by atoms with E-state index in [2.05, 4.69) is 19.2 Å². The molecule has 0 unspecified atom stereocenters. The summed E-state index contributed by atoms with van der Waals surface area (Å²) in [6, 6.07) is 0. The lowest BCUT2D eigenvalue weighted by Gasteiger charge is -2.48. The number of aliphatic hydroxyl groups is 3. The second-order valence-corrected chi connectivity index (χ2v) is 17.0. The molecule has 0 saturated carbocycles. The predicted octanol–water partition coefficient (Wildman–Crippen LogP) is 3.61. The molecule has 0 aliphatic carbocycles. The fourth-order valence-electron chi connectivity index (χ4n) is 10.0. The minimum atomic E-state index is -1.66. The molecule has 5 saturated heterocycles. The van der Waals surface area contributed by atoms with Crippen molar-refractivity contribution in [3.63, 3.8) is 0 Å². The van der Waals surface area contributed by atoms with Crippen LogP contribution in [0.3, 0.4) is 0 Å². The highest BCUT2D eigenvalue weighted by atomic mass is 16.7. The zero-order valence-electron chi connectivity index (χ0n) is 32.5. The van der Waals surface area contributed by atoms with Crippen molar-refractivity contribution in [1.29, 1.82) is 0 Å². The molecule has 14 heteroatoms. The van der Waals surface area contributed by atoms with Gasteiger partial charge in [-0.2, -0.15) is 0 Å². The van der Waals surface area contributed by atoms with E-state index in [0.29, 0.717) is 45.1 Å². The zero-order valence-corrected chi connectivity index (χ0v) is 32.5. The van der Waals surface area contributed by atoms with Gasteiger partial charge >= 0.3 is 12.1 Å². The average Bonchev–Trinajstić information content (AvgIpc) is 3.80. The van der Waals surface area contributed by atoms with Crippen LogP contribution in [0.25, 0.3) is 0 Å². The Labute approximate surface area is 308 Å². The Morgan fingerprint density at radius 1 is 1.02 bits per heavy atom. The summed E-state index contributed by atoms with van der Waals surface area (Å²) < 4.78 is 44.5. The van der Waals surface area contributed by atoms with E-state index in [1.54, 1.807) is 13.8 Å². The first-order chi connectivity index (χ1) is 24.4. The number of carbonyl (C=O) groups excluding carboxylic acids is 1. The monoisotopic (exact) mass is 743 g/mol. The predicted molar refractivity (Wildman–Crippen MR) is 187 cm³/mol. The van der Waals surface area contributed by atoms with Crippen LogP contribution in [0.2, 0.25) is 0 Å². The molecule has 5 aliphatic heterocycles. The minimum Gasteiger partial charge on any atom is -0.481 e. The van der Waals surface area contributed by atoms with Gasteiger partial charge in [0.2, 0.25) is 5.79 Å². The van der Waals surface area contributed by atoms with Crippen LogP contribution in [0.1, 0.15) is 100 Å². The molecule has 0 aromatic heterocycles. The van der Waals surface area contributed by atoms with Gasteiger partial charge < -0.3 is 58.9 Å². The summed E-state index contributed by atoms with van der Waals surface area (Å²) in [5, 5.41) is 46.0. The van der Waals surface area contributed by atoms with Crippen LogP contribution in [0.15, 0.2) is 0 Å². The highest BCUT2D eigenvalue weighted by Gasteiger charge is 2.62. The summed E-state index contributed by atoms with van der Waals surface area (Å²) in [6.07, 6.45) is -0.260. The number of carboxylic acid groups (broad SMARTS) is 1. The number of hydrogen-bond donors (Lipinski definition) is 5. The summed E-state index contributed by atoms with van der Waals surface area (Å²) in [6.45, 7) is 15.1. The van der Waals surface area contributed by atoms with Crippen LogP contribution >= 0.6 is 0 Å². The first kappa shape index (κ1) is 41.5. The molecule has 5 rings (SSSR count). The van der Waals surface area contributed by atoms with Gasteiger partial charge in [0.25, 0.3) is 0 Å². The molecule has 0 aromatic rings. The summed E-state index contributed by atoms with van der Waals surface area (Å²) >= 11 is 0. The number of aliphatic carboxylic acids is 1. The molecule has 0 radical (unpaired) electrons. The third kappa shape index (κ3) is 7.88. The van der Waals surface area contributed by atoms with Gasteiger partial charge in [-0.1, -0.05) is 34.6 Å². The highest BCUT2D eigenvalue weighted by molar-refractivity contribution is 5.70. The maximum absolute atomic E-state index is 12.0. The van der Waals surface area contributed by atoms with Crippen LogP contribution in [0, 0.1) is 35.5 Å². The van der Waals surface area contributed by atoms with Crippen molar-refractivity contribution >= 4 is 12.1 Å². The largest absolute Gasteiger partial charge is 0.481 e. The lowest BCUT2D eigenvalue weighted by atomic mass is 9.78. The standard InChI is InChI=1S/C38H65NO13/c1-10-39-34(44)47-19-38(45)22(4)15-20(2)29(51-38)27-16-21(3)32(48-27)36(18-40)12-11-28(49-36)35(8)13-14-37(52-35)17-26(41)23(5)31(50-37)24(6)30(46-9)25(7)33(42)43/h20-32,40-41,45H,10-19H2,1-9H3,(H,39,44)(H,42,43)/t20-,21-,22+,23+,24-,25-,26-,27+,28+,29-,30+,31-,32+,35-,36+,37+,38-/m0/s1. The maximum Gasteiger partial charge on any atom is 0.407 e. The van der Waals surface area contributed by atoms with Crippen molar-refractivity contribution in [3.05, 3.63) is 0 Å². The van der Waals surface area contributed by atoms with E-state index >= 15 is 0 Å². The third-order valence-corrected chi connectivity index (χ3v) is 13.2. The van der Waals surface area contributed by atoms with Gasteiger partial charge in [0.1, 0.15) is 12.2 Å². The molecule has 0 aromatic carbocycles. The Morgan fingerprint density at radius 3 is 2.37 bits per heavy atom. The van der Waals surface area contributed by atoms with Crippen molar-refractivity contribution < 1.29 is 63.2 Å². The van der Waals surface area contributed by atoms with Crippen LogP contribution in [-0.2, 0) is 38.0 Å². The quantitative estimate of drug-likeness (QED) is 0.195. The first-order valence-corrected chi connectivity index (χ1v) is 19.4. The molecular weight excluding hydrogens is 678 g/mol. The van der Waals surface area contributed by atoms with E-state index in [-0.39, 0.29) is 61.4 Å². The number of alkyl carbamates (subject to hydrolysis) is 1. The molecule has 300 valence electrons. The summed E-state index contributed by atoms with van der Waals surface area (Å²) in [7, 11) is 1.50. The number of amides is 1. The number of nitrogens with one attached hydrogen (secondary N) is 1. The zero-order chi connectivity index (χ0) is 38.4. The van der Waals surface area contributed by atoms with Crippen LogP contribution in [-0.4, -0.2) is 125 Å². The van der Waals surface area contributed by atoms with E-state index in [1.165, 1.54) is 7.11 Å². The molecule has 1 spiro atoms. The number of methoxy groups -OCH3 is 1. The SMILES string of the molecule is CCNC(=O)OC[C@]1(O)O[C@H]([C@H]2C[C@H](C)[C@H]([C@]3(CO)CC[C@H]([C@]4(C)CC[C@]5(C[C@H](O)[C@@H](C)[C@@H]([C@@H](C)[C@@H](OC)[C@H](C)C(=O)O)O5)O4)O3)O2)[C@@H](C)C[C@H]1C. The van der Waals surface area contributed by atoms with Crippen molar-refractivity contribution in [3.8, 4) is 0 Å². The van der Waals surface area contributed by atoms with Crippen LogP contribution in [0.4, 0.5) is 4.79 Å². The summed E-state index contributed by atoms with van der Waals surface area (Å²) in [5.74, 6) is -5.27. The third-order valence-electron chi connectivity index (χ3n) is 13.2. The number of hydrogen-bond acceptors (Lipinski definition) is 12. The van der Waals surface area contributed by atoms with Crippen LogP contribution in [0.5, 0.6) is 0 Å². The molecule has 5 N–H and O–H groups in total. The van der Waals surface area contributed by atoms with Crippen molar-refractivity contribution in [2.75, 3.05) is 26.9 Å². The highest BCUT2D eigenvalue weighted by Crippen LogP contribution is 2.54. The molecule has 5 aliphatic rings. The summed E-state index contributed by atoms with van der Waals surface area (Å²) in [5.41, 5.74) is -1.76. The molecular formula is C38H65NO13. The minimum absolute atomic E-state index is 0.0110. The fourth-order valence-corrected chi connectivity index (χ4v) is 10.0. The number of rotatable bonds is 12. The summed E-state index contributed by atoms with van der Waals surface area (Å²) in [4.78, 5) is 23.9. The van der Waals surface area contributed by atoms with Gasteiger partial charge in [-0.05, 0) is 64.7 Å². The van der Waals surface area contributed by atoms with E-state index in [0.717, 1.165) is 0 Å². The molecule has 5 fully saturated rings. The fraction of sp³-hybridized carbons (Fsp3) is 0.947. The number of carbonyl (C=O) groups is 2. The van der Waals surface area contributed by atoms with Gasteiger partial charge in [0.05, 0.1) is 60.9 Å². The number of aliphatic hydroxyl groups excluding tert-OH is 2. The smallest absolute Gasteiger partial charge is 0.407 e. The van der Waals surface area contributed by atoms with Gasteiger partial charge in [-0.3, -0.25) is 4.79 Å². The van der Waals surface area contributed by atoms with E-state index in [1.807, 2.05) is 27.7 Å². The second-order valence-electron chi connectivity index (χ2n) is 17.0. The lowest BCUT2D eigenvalue weighted by Crippen LogP contribution is -2.57. The Balaban J connectivity index is 1.27. The van der Waals surface area contributed by atoms with Crippen molar-refractivity contribution in [2.24, 2.45) is 35.5 Å². The Morgan fingerprint density at radius 2 is 1.73 bits per heavy atom.